The maximum atomic E-state index is 12.1. The van der Waals surface area contributed by atoms with Crippen molar-refractivity contribution in [3.8, 4) is 11.5 Å². The number of rotatable bonds is 5. The molecule has 0 atom stereocenters. The molecule has 0 saturated carbocycles. The van der Waals surface area contributed by atoms with Crippen LogP contribution in [0.3, 0.4) is 0 Å². The van der Waals surface area contributed by atoms with Gasteiger partial charge in [-0.05, 0) is 42.8 Å². The number of aromatic carboxylic acids is 1. The van der Waals surface area contributed by atoms with Gasteiger partial charge in [0.25, 0.3) is 0 Å². The molecule has 0 spiro atoms. The number of carboxylic acid groups (broad SMARTS) is 1. The topological polar surface area (TPSA) is 83.8 Å². The zero-order valence-electron chi connectivity index (χ0n) is 12.1. The number of hydrogen-bond donors (Lipinski definition) is 2. The van der Waals surface area contributed by atoms with Gasteiger partial charge in [0.1, 0.15) is 11.5 Å². The van der Waals surface area contributed by atoms with Gasteiger partial charge in [-0.2, -0.15) is 0 Å². The van der Waals surface area contributed by atoms with E-state index >= 15 is 0 Å². The molecule has 2 rings (SSSR count). The maximum absolute atomic E-state index is 12.1. The summed E-state index contributed by atoms with van der Waals surface area (Å²) in [5.41, 5.74) is 0.920. The quantitative estimate of drug-likeness (QED) is 0.654. The molecule has 5 nitrogen and oxygen atoms in total. The highest BCUT2D eigenvalue weighted by atomic mass is 16.5. The Morgan fingerprint density at radius 3 is 2.36 bits per heavy atom. The third-order valence-electron chi connectivity index (χ3n) is 3.17. The highest BCUT2D eigenvalue weighted by molar-refractivity contribution is 5.93. The largest absolute Gasteiger partial charge is 0.508 e. The summed E-state index contributed by atoms with van der Waals surface area (Å²) in [6.45, 7) is 1.92. The van der Waals surface area contributed by atoms with Crippen LogP contribution in [-0.2, 0) is 6.42 Å². The molecular formula is C17H16O5. The molecule has 2 N–H and O–H groups in total. The molecule has 2 aromatic carbocycles. The van der Waals surface area contributed by atoms with Gasteiger partial charge in [0, 0.05) is 5.56 Å². The Balaban J connectivity index is 2.32. The number of aromatic hydroxyl groups is 1. The predicted molar refractivity (Wildman–Crippen MR) is 80.5 cm³/mol. The van der Waals surface area contributed by atoms with Gasteiger partial charge in [-0.3, -0.25) is 0 Å². The number of benzene rings is 2. The molecule has 0 radical (unpaired) electrons. The van der Waals surface area contributed by atoms with Gasteiger partial charge in [-0.1, -0.05) is 19.4 Å². The number of hydrogen-bond acceptors (Lipinski definition) is 4. The van der Waals surface area contributed by atoms with Crippen LogP contribution in [0.4, 0.5) is 0 Å². The summed E-state index contributed by atoms with van der Waals surface area (Å²) >= 11 is 0. The van der Waals surface area contributed by atoms with E-state index in [0.29, 0.717) is 12.0 Å². The smallest absolute Gasteiger partial charge is 0.343 e. The average Bonchev–Trinajstić information content (AvgIpc) is 2.49. The standard InChI is InChI=1S/C17H16O5/c1-2-4-13-14(16(19)20)5-3-6-15(13)22-17(21)11-7-9-12(18)10-8-11/h3,5-10,18H,2,4H2,1H3,(H,19,20). The van der Waals surface area contributed by atoms with E-state index in [4.69, 9.17) is 4.74 Å². The Bertz CT molecular complexity index is 689. The van der Waals surface area contributed by atoms with E-state index in [2.05, 4.69) is 0 Å². The van der Waals surface area contributed by atoms with Gasteiger partial charge in [-0.25, -0.2) is 9.59 Å². The SMILES string of the molecule is CCCc1c(OC(=O)c2ccc(O)cc2)cccc1C(=O)O. The summed E-state index contributed by atoms with van der Waals surface area (Å²) in [6.07, 6.45) is 1.23. The van der Waals surface area contributed by atoms with Crippen LogP contribution in [0, 0.1) is 0 Å². The van der Waals surface area contributed by atoms with Crippen LogP contribution in [0.2, 0.25) is 0 Å². The van der Waals surface area contributed by atoms with Crippen molar-refractivity contribution in [2.75, 3.05) is 0 Å². The van der Waals surface area contributed by atoms with Gasteiger partial charge in [0.05, 0.1) is 11.1 Å². The lowest BCUT2D eigenvalue weighted by molar-refractivity contribution is 0.0685. The summed E-state index contributed by atoms with van der Waals surface area (Å²) in [7, 11) is 0. The molecule has 22 heavy (non-hydrogen) atoms. The van der Waals surface area contributed by atoms with Crippen LogP contribution in [0.15, 0.2) is 42.5 Å². The third-order valence-corrected chi connectivity index (χ3v) is 3.17. The van der Waals surface area contributed by atoms with Crippen LogP contribution in [0.25, 0.3) is 0 Å². The number of carboxylic acids is 1. The summed E-state index contributed by atoms with van der Waals surface area (Å²) in [5.74, 6) is -1.35. The van der Waals surface area contributed by atoms with Crippen LogP contribution in [0.5, 0.6) is 11.5 Å². The number of ether oxygens (including phenoxy) is 1. The van der Waals surface area contributed by atoms with Crippen molar-refractivity contribution in [2.45, 2.75) is 19.8 Å². The summed E-state index contributed by atoms with van der Waals surface area (Å²) in [6, 6.07) is 10.3. The van der Waals surface area contributed by atoms with Crippen molar-refractivity contribution in [2.24, 2.45) is 0 Å². The lowest BCUT2D eigenvalue weighted by Gasteiger charge is -2.12. The summed E-state index contributed by atoms with van der Waals surface area (Å²) < 4.78 is 5.33. The molecule has 0 aliphatic heterocycles. The van der Waals surface area contributed by atoms with Gasteiger partial charge < -0.3 is 14.9 Å². The van der Waals surface area contributed by atoms with Crippen molar-refractivity contribution in [3.05, 3.63) is 59.2 Å². The van der Waals surface area contributed by atoms with Crippen molar-refractivity contribution in [1.29, 1.82) is 0 Å². The van der Waals surface area contributed by atoms with Gasteiger partial charge >= 0.3 is 11.9 Å². The van der Waals surface area contributed by atoms with E-state index in [-0.39, 0.29) is 22.6 Å². The molecule has 0 aliphatic carbocycles. The van der Waals surface area contributed by atoms with Gasteiger partial charge in [-0.15, -0.1) is 0 Å². The van der Waals surface area contributed by atoms with Crippen molar-refractivity contribution in [3.63, 3.8) is 0 Å². The third kappa shape index (κ3) is 3.44. The Morgan fingerprint density at radius 2 is 1.77 bits per heavy atom. The highest BCUT2D eigenvalue weighted by Gasteiger charge is 2.17. The van der Waals surface area contributed by atoms with E-state index in [0.717, 1.165) is 6.42 Å². The first-order chi connectivity index (χ1) is 10.5. The number of carbonyl (C=O) groups is 2. The highest BCUT2D eigenvalue weighted by Crippen LogP contribution is 2.25. The van der Waals surface area contributed by atoms with Crippen molar-refractivity contribution >= 4 is 11.9 Å². The second-order valence-electron chi connectivity index (χ2n) is 4.77. The molecule has 0 saturated heterocycles. The fourth-order valence-electron chi connectivity index (χ4n) is 2.13. The number of phenols is 1. The van der Waals surface area contributed by atoms with Crippen molar-refractivity contribution < 1.29 is 24.5 Å². The van der Waals surface area contributed by atoms with Crippen LogP contribution in [0.1, 0.15) is 39.6 Å². The first kappa shape index (κ1) is 15.6. The number of esters is 1. The summed E-state index contributed by atoms with van der Waals surface area (Å²) in [5, 5.41) is 18.5. The first-order valence-corrected chi connectivity index (χ1v) is 6.89. The average molecular weight is 300 g/mol. The predicted octanol–water partition coefficient (Wildman–Crippen LogP) is 3.26. The number of carbonyl (C=O) groups excluding carboxylic acids is 1. The Morgan fingerprint density at radius 1 is 1.09 bits per heavy atom. The van der Waals surface area contributed by atoms with E-state index in [1.54, 1.807) is 12.1 Å². The van der Waals surface area contributed by atoms with E-state index in [9.17, 15) is 19.8 Å². The second kappa shape index (κ2) is 6.76. The molecule has 0 heterocycles. The van der Waals surface area contributed by atoms with Gasteiger partial charge in [0.15, 0.2) is 0 Å². The fourth-order valence-corrected chi connectivity index (χ4v) is 2.13. The lowest BCUT2D eigenvalue weighted by Crippen LogP contribution is -2.12. The monoisotopic (exact) mass is 300 g/mol. The molecular weight excluding hydrogens is 284 g/mol. The lowest BCUT2D eigenvalue weighted by atomic mass is 10.0. The molecule has 0 aromatic heterocycles. The normalized spacial score (nSPS) is 10.2. The van der Waals surface area contributed by atoms with E-state index < -0.39 is 11.9 Å². The first-order valence-electron chi connectivity index (χ1n) is 6.89. The molecule has 114 valence electrons. The zero-order valence-corrected chi connectivity index (χ0v) is 12.1. The minimum atomic E-state index is -1.05. The Hall–Kier alpha value is -2.82. The molecule has 0 bridgehead atoms. The van der Waals surface area contributed by atoms with Crippen LogP contribution >= 0.6 is 0 Å². The molecule has 5 heteroatoms. The molecule has 0 amide bonds. The maximum Gasteiger partial charge on any atom is 0.343 e. The number of phenolic OH excluding ortho intramolecular Hbond substituents is 1. The molecule has 0 fully saturated rings. The van der Waals surface area contributed by atoms with Crippen LogP contribution < -0.4 is 4.74 Å². The minimum Gasteiger partial charge on any atom is -0.508 e. The van der Waals surface area contributed by atoms with Crippen LogP contribution in [-0.4, -0.2) is 22.2 Å². The van der Waals surface area contributed by atoms with Gasteiger partial charge in [0.2, 0.25) is 0 Å². The second-order valence-corrected chi connectivity index (χ2v) is 4.77. The fraction of sp³-hybridized carbons (Fsp3) is 0.176. The van der Waals surface area contributed by atoms with Crippen molar-refractivity contribution in [1.82, 2.24) is 0 Å². The molecule has 0 unspecified atom stereocenters. The van der Waals surface area contributed by atoms with E-state index in [1.807, 2.05) is 6.92 Å². The minimum absolute atomic E-state index is 0.0519. The Kier molecular flexibility index (Phi) is 4.78. The summed E-state index contributed by atoms with van der Waals surface area (Å²) in [4.78, 5) is 23.4. The molecule has 2 aromatic rings. The van der Waals surface area contributed by atoms with E-state index in [1.165, 1.54) is 30.3 Å². The zero-order chi connectivity index (χ0) is 16.1. The Labute approximate surface area is 127 Å². The molecule has 0 aliphatic rings.